The second-order valence-electron chi connectivity index (χ2n) is 5.50. The highest BCUT2D eigenvalue weighted by Crippen LogP contribution is 2.36. The minimum absolute atomic E-state index is 0.0510. The Morgan fingerprint density at radius 1 is 0.960 bits per heavy atom. The van der Waals surface area contributed by atoms with Crippen molar-refractivity contribution in [1.82, 2.24) is 15.2 Å². The van der Waals surface area contributed by atoms with Gasteiger partial charge in [0.1, 0.15) is 12.4 Å². The normalized spacial score (nSPS) is 12.9. The smallest absolute Gasteiger partial charge is 0.356 e. The van der Waals surface area contributed by atoms with Crippen LogP contribution in [0.15, 0.2) is 60.7 Å². The third kappa shape index (κ3) is 4.67. The van der Waals surface area contributed by atoms with E-state index in [0.29, 0.717) is 12.2 Å². The van der Waals surface area contributed by atoms with E-state index in [2.05, 4.69) is 15.2 Å². The van der Waals surface area contributed by atoms with Crippen LogP contribution in [0.25, 0.3) is 0 Å². The maximum atomic E-state index is 13.2. The van der Waals surface area contributed by atoms with Crippen molar-refractivity contribution in [3.05, 3.63) is 83.4 Å². The highest BCUT2D eigenvalue weighted by Gasteiger charge is 2.42. The summed E-state index contributed by atoms with van der Waals surface area (Å²) in [6.07, 6.45) is -6.00. The average Bonchev–Trinajstić information content (AvgIpc) is 3.03. The molecule has 0 aliphatic heterocycles. The summed E-state index contributed by atoms with van der Waals surface area (Å²) in [6.45, 7) is -0.329. The molecule has 0 saturated carbocycles. The first-order valence-corrected chi connectivity index (χ1v) is 7.70. The number of aromatic amines is 1. The lowest BCUT2D eigenvalue weighted by molar-refractivity contribution is -0.227. The van der Waals surface area contributed by atoms with Crippen molar-refractivity contribution >= 4 is 0 Å². The summed E-state index contributed by atoms with van der Waals surface area (Å²) in [4.78, 5) is 4.19. The Morgan fingerprint density at radius 3 is 2.24 bits per heavy atom. The van der Waals surface area contributed by atoms with Gasteiger partial charge in [-0.3, -0.25) is 5.10 Å². The molecule has 0 radical (unpaired) electrons. The summed E-state index contributed by atoms with van der Waals surface area (Å²) in [5.74, 6) is 0.768. The maximum absolute atomic E-state index is 13.2. The highest BCUT2D eigenvalue weighted by molar-refractivity contribution is 5.20. The van der Waals surface area contributed by atoms with E-state index < -0.39 is 12.3 Å². The first-order chi connectivity index (χ1) is 12.0. The molecule has 0 saturated heterocycles. The predicted molar refractivity (Wildman–Crippen MR) is 85.7 cm³/mol. The van der Waals surface area contributed by atoms with Gasteiger partial charge in [-0.15, -0.1) is 0 Å². The van der Waals surface area contributed by atoms with Gasteiger partial charge < -0.3 is 4.74 Å². The van der Waals surface area contributed by atoms with Crippen LogP contribution in [-0.4, -0.2) is 21.4 Å². The Hall–Kier alpha value is -2.67. The molecule has 0 spiro atoms. The van der Waals surface area contributed by atoms with Gasteiger partial charge in [0.15, 0.2) is 11.9 Å². The average molecular weight is 347 g/mol. The van der Waals surface area contributed by atoms with E-state index in [-0.39, 0.29) is 18.0 Å². The Balaban J connectivity index is 1.66. The van der Waals surface area contributed by atoms with Crippen LogP contribution < -0.4 is 0 Å². The second kappa shape index (κ2) is 7.48. The molecule has 1 heterocycles. The Labute approximate surface area is 142 Å². The number of hydrogen-bond acceptors (Lipinski definition) is 3. The molecule has 4 nitrogen and oxygen atoms in total. The number of halogens is 3. The van der Waals surface area contributed by atoms with Gasteiger partial charge >= 0.3 is 6.18 Å². The summed E-state index contributed by atoms with van der Waals surface area (Å²) >= 11 is 0. The third-order valence-corrected chi connectivity index (χ3v) is 3.57. The molecule has 0 fully saturated rings. The minimum Gasteiger partial charge on any atom is -0.356 e. The predicted octanol–water partition coefficient (Wildman–Crippen LogP) is 4.22. The summed E-state index contributed by atoms with van der Waals surface area (Å²) in [5.41, 5.74) is 1.08. The number of rotatable bonds is 6. The van der Waals surface area contributed by atoms with E-state index in [4.69, 9.17) is 4.74 Å². The SMILES string of the molecule is FC(F)(F)C(OCc1n[nH]c(Cc2ccccc2)n1)c1ccccc1. The summed E-state index contributed by atoms with van der Waals surface area (Å²) in [7, 11) is 0. The standard InChI is InChI=1S/C18H16F3N3O/c19-18(20,21)17(14-9-5-2-6-10-14)25-12-16-22-15(23-24-16)11-13-7-3-1-4-8-13/h1-10,17H,11-12H2,(H,22,23,24). The van der Waals surface area contributed by atoms with Gasteiger partial charge in [0.25, 0.3) is 0 Å². The summed E-state index contributed by atoms with van der Waals surface area (Å²) in [6, 6.07) is 17.1. The molecule has 0 aliphatic rings. The van der Waals surface area contributed by atoms with E-state index in [9.17, 15) is 13.2 Å². The molecule has 3 aromatic rings. The summed E-state index contributed by atoms with van der Waals surface area (Å²) in [5, 5.41) is 6.67. The zero-order valence-corrected chi connectivity index (χ0v) is 13.2. The molecule has 0 aliphatic carbocycles. The van der Waals surface area contributed by atoms with Crippen molar-refractivity contribution < 1.29 is 17.9 Å². The second-order valence-corrected chi connectivity index (χ2v) is 5.50. The molecule has 1 unspecified atom stereocenters. The van der Waals surface area contributed by atoms with Gasteiger partial charge in [0, 0.05) is 6.42 Å². The van der Waals surface area contributed by atoms with Crippen LogP contribution in [0.5, 0.6) is 0 Å². The van der Waals surface area contributed by atoms with E-state index >= 15 is 0 Å². The van der Waals surface area contributed by atoms with Crippen LogP contribution in [0.4, 0.5) is 13.2 Å². The van der Waals surface area contributed by atoms with Crippen molar-refractivity contribution in [2.45, 2.75) is 25.3 Å². The molecule has 0 amide bonds. The van der Waals surface area contributed by atoms with E-state index in [1.54, 1.807) is 18.2 Å². The van der Waals surface area contributed by atoms with E-state index in [1.807, 2.05) is 30.3 Å². The molecule has 1 atom stereocenters. The first kappa shape index (κ1) is 17.2. The first-order valence-electron chi connectivity index (χ1n) is 7.70. The number of aromatic nitrogens is 3. The van der Waals surface area contributed by atoms with Crippen LogP contribution in [0.3, 0.4) is 0 Å². The minimum atomic E-state index is -4.51. The Kier molecular flexibility index (Phi) is 5.14. The van der Waals surface area contributed by atoms with Crippen molar-refractivity contribution in [3.63, 3.8) is 0 Å². The van der Waals surface area contributed by atoms with Gasteiger partial charge in [-0.05, 0) is 11.1 Å². The van der Waals surface area contributed by atoms with Gasteiger partial charge in [0.05, 0.1) is 0 Å². The topological polar surface area (TPSA) is 50.8 Å². The maximum Gasteiger partial charge on any atom is 0.418 e. The fourth-order valence-electron chi connectivity index (χ4n) is 2.43. The van der Waals surface area contributed by atoms with Gasteiger partial charge in [-0.25, -0.2) is 4.98 Å². The van der Waals surface area contributed by atoms with E-state index in [0.717, 1.165) is 5.56 Å². The third-order valence-electron chi connectivity index (χ3n) is 3.57. The van der Waals surface area contributed by atoms with Gasteiger partial charge in [0.2, 0.25) is 0 Å². The van der Waals surface area contributed by atoms with Crippen LogP contribution in [-0.2, 0) is 17.8 Å². The molecular formula is C18H16F3N3O. The molecule has 130 valence electrons. The number of nitrogens with one attached hydrogen (secondary N) is 1. The van der Waals surface area contributed by atoms with Gasteiger partial charge in [-0.1, -0.05) is 60.7 Å². The summed E-state index contributed by atoms with van der Waals surface area (Å²) < 4.78 is 44.8. The van der Waals surface area contributed by atoms with Crippen molar-refractivity contribution in [1.29, 1.82) is 0 Å². The molecule has 1 aromatic heterocycles. The molecule has 0 bridgehead atoms. The van der Waals surface area contributed by atoms with Crippen molar-refractivity contribution in [2.24, 2.45) is 0 Å². The monoisotopic (exact) mass is 347 g/mol. The van der Waals surface area contributed by atoms with Crippen LogP contribution >= 0.6 is 0 Å². The number of ether oxygens (including phenoxy) is 1. The number of nitrogens with zero attached hydrogens (tertiary/aromatic N) is 2. The number of alkyl halides is 3. The highest BCUT2D eigenvalue weighted by atomic mass is 19.4. The molecule has 3 rings (SSSR count). The fraction of sp³-hybridized carbons (Fsp3) is 0.222. The zero-order chi connectivity index (χ0) is 17.7. The van der Waals surface area contributed by atoms with Crippen LogP contribution in [0.2, 0.25) is 0 Å². The Bertz CT molecular complexity index is 788. The van der Waals surface area contributed by atoms with Crippen LogP contribution in [0, 0.1) is 0 Å². The number of hydrogen-bond donors (Lipinski definition) is 1. The molecular weight excluding hydrogens is 331 g/mol. The van der Waals surface area contributed by atoms with Crippen molar-refractivity contribution in [3.8, 4) is 0 Å². The molecule has 1 N–H and O–H groups in total. The lowest BCUT2D eigenvalue weighted by Gasteiger charge is -2.20. The van der Waals surface area contributed by atoms with Gasteiger partial charge in [-0.2, -0.15) is 18.3 Å². The number of benzene rings is 2. The molecule has 2 aromatic carbocycles. The lowest BCUT2D eigenvalue weighted by atomic mass is 10.1. The zero-order valence-electron chi connectivity index (χ0n) is 13.2. The Morgan fingerprint density at radius 2 is 1.60 bits per heavy atom. The van der Waals surface area contributed by atoms with Crippen LogP contribution in [0.1, 0.15) is 28.9 Å². The molecule has 25 heavy (non-hydrogen) atoms. The lowest BCUT2D eigenvalue weighted by Crippen LogP contribution is -2.23. The quantitative estimate of drug-likeness (QED) is 0.726. The van der Waals surface area contributed by atoms with Crippen molar-refractivity contribution in [2.75, 3.05) is 0 Å². The number of H-pyrrole nitrogens is 1. The molecule has 7 heteroatoms. The largest absolute Gasteiger partial charge is 0.418 e. The fourth-order valence-corrected chi connectivity index (χ4v) is 2.43. The van der Waals surface area contributed by atoms with E-state index in [1.165, 1.54) is 12.1 Å².